The number of rotatable bonds is 3. The highest BCUT2D eigenvalue weighted by Crippen LogP contribution is 2.32. The molecule has 19 heavy (non-hydrogen) atoms. The molecule has 0 aliphatic carbocycles. The lowest BCUT2D eigenvalue weighted by atomic mass is 10.0. The van der Waals surface area contributed by atoms with Gasteiger partial charge in [-0.25, -0.2) is 0 Å². The van der Waals surface area contributed by atoms with Crippen molar-refractivity contribution in [3.63, 3.8) is 0 Å². The minimum Gasteiger partial charge on any atom is -0.456 e. The van der Waals surface area contributed by atoms with Crippen molar-refractivity contribution in [2.75, 3.05) is 0 Å². The topological polar surface area (TPSA) is 33.0 Å². The molecule has 0 aliphatic rings. The van der Waals surface area contributed by atoms with Gasteiger partial charge in [0.2, 0.25) is 0 Å². The highest BCUT2D eigenvalue weighted by molar-refractivity contribution is 5.48. The van der Waals surface area contributed by atoms with Gasteiger partial charge in [-0.1, -0.05) is 38.1 Å². The molecule has 0 amide bonds. The van der Waals surface area contributed by atoms with E-state index in [1.165, 1.54) is 0 Å². The summed E-state index contributed by atoms with van der Waals surface area (Å²) in [5.41, 5.74) is 2.77. The quantitative estimate of drug-likeness (QED) is 0.786. The minimum absolute atomic E-state index is 0.382. The number of nitriles is 1. The molecule has 0 aromatic heterocycles. The fourth-order valence-electron chi connectivity index (χ4n) is 1.99. The highest BCUT2D eigenvalue weighted by Gasteiger charge is 2.10. The summed E-state index contributed by atoms with van der Waals surface area (Å²) in [4.78, 5) is 0. The van der Waals surface area contributed by atoms with E-state index in [0.717, 1.165) is 16.9 Å². The van der Waals surface area contributed by atoms with Gasteiger partial charge in [0.1, 0.15) is 17.6 Å². The molecule has 0 atom stereocenters. The zero-order valence-corrected chi connectivity index (χ0v) is 11.5. The van der Waals surface area contributed by atoms with Gasteiger partial charge in [-0.2, -0.15) is 5.26 Å². The number of ether oxygens (including phenoxy) is 1. The molecule has 96 valence electrons. The van der Waals surface area contributed by atoms with Gasteiger partial charge in [0, 0.05) is 0 Å². The van der Waals surface area contributed by atoms with E-state index in [-0.39, 0.29) is 0 Å². The fraction of sp³-hybridized carbons (Fsp3) is 0.235. The Kier molecular flexibility index (Phi) is 3.87. The monoisotopic (exact) mass is 251 g/mol. The Labute approximate surface area is 114 Å². The number of para-hydroxylation sites is 1. The zero-order valence-electron chi connectivity index (χ0n) is 11.5. The summed E-state index contributed by atoms with van der Waals surface area (Å²) in [6, 6.07) is 15.8. The summed E-state index contributed by atoms with van der Waals surface area (Å²) in [7, 11) is 0. The van der Waals surface area contributed by atoms with Crippen LogP contribution in [-0.2, 0) is 0 Å². The van der Waals surface area contributed by atoms with Crippen molar-refractivity contribution in [3.05, 3.63) is 59.2 Å². The Hall–Kier alpha value is -2.27. The number of benzene rings is 2. The molecule has 0 saturated heterocycles. The van der Waals surface area contributed by atoms with E-state index < -0.39 is 0 Å². The fourth-order valence-corrected chi connectivity index (χ4v) is 1.99. The second-order valence-corrected chi connectivity index (χ2v) is 4.91. The molecule has 2 aromatic carbocycles. The first-order chi connectivity index (χ1) is 9.11. The molecule has 0 saturated carbocycles. The average molecular weight is 251 g/mol. The third-order valence-electron chi connectivity index (χ3n) is 3.02. The van der Waals surface area contributed by atoms with Crippen LogP contribution in [0.15, 0.2) is 42.5 Å². The Morgan fingerprint density at radius 3 is 2.47 bits per heavy atom. The van der Waals surface area contributed by atoms with Crippen LogP contribution in [0.25, 0.3) is 0 Å². The summed E-state index contributed by atoms with van der Waals surface area (Å²) < 4.78 is 5.93. The minimum atomic E-state index is 0.382. The first-order valence-corrected chi connectivity index (χ1v) is 6.39. The second-order valence-electron chi connectivity index (χ2n) is 4.91. The van der Waals surface area contributed by atoms with Crippen LogP contribution in [0, 0.1) is 18.3 Å². The molecular weight excluding hydrogens is 234 g/mol. The Balaban J connectivity index is 2.40. The van der Waals surface area contributed by atoms with Crippen LogP contribution in [0.1, 0.15) is 36.5 Å². The SMILES string of the molecule is Cc1ccc(Oc2ccccc2C(C)C)c(C#N)c1. The molecule has 2 rings (SSSR count). The third-order valence-corrected chi connectivity index (χ3v) is 3.02. The van der Waals surface area contributed by atoms with Crippen molar-refractivity contribution in [2.24, 2.45) is 0 Å². The van der Waals surface area contributed by atoms with Crippen molar-refractivity contribution in [1.82, 2.24) is 0 Å². The number of hydrogen-bond acceptors (Lipinski definition) is 2. The third kappa shape index (κ3) is 2.95. The molecule has 2 heteroatoms. The van der Waals surface area contributed by atoms with Crippen LogP contribution in [0.3, 0.4) is 0 Å². The molecule has 0 spiro atoms. The Bertz CT molecular complexity index is 623. The van der Waals surface area contributed by atoms with E-state index in [4.69, 9.17) is 10.00 Å². The lowest BCUT2D eigenvalue weighted by molar-refractivity contribution is 0.471. The standard InChI is InChI=1S/C17H17NO/c1-12(2)15-6-4-5-7-17(15)19-16-9-8-13(3)10-14(16)11-18/h4-10,12H,1-3H3. The molecular formula is C17H17NO. The van der Waals surface area contributed by atoms with Crippen LogP contribution < -0.4 is 4.74 Å². The molecule has 0 aliphatic heterocycles. The molecule has 0 radical (unpaired) electrons. The van der Waals surface area contributed by atoms with Gasteiger partial charge in [-0.3, -0.25) is 0 Å². The van der Waals surface area contributed by atoms with Crippen molar-refractivity contribution in [2.45, 2.75) is 26.7 Å². The number of hydrogen-bond donors (Lipinski definition) is 0. The molecule has 0 unspecified atom stereocenters. The normalized spacial score (nSPS) is 10.3. The summed E-state index contributed by atoms with van der Waals surface area (Å²) in [5.74, 6) is 1.81. The average Bonchev–Trinajstić information content (AvgIpc) is 2.41. The van der Waals surface area contributed by atoms with Crippen LogP contribution in [0.5, 0.6) is 11.5 Å². The zero-order chi connectivity index (χ0) is 13.8. The van der Waals surface area contributed by atoms with E-state index in [1.54, 1.807) is 0 Å². The smallest absolute Gasteiger partial charge is 0.145 e. The molecule has 0 heterocycles. The van der Waals surface area contributed by atoms with Gasteiger partial charge in [-0.15, -0.1) is 0 Å². The van der Waals surface area contributed by atoms with Gasteiger partial charge in [0.25, 0.3) is 0 Å². The maximum Gasteiger partial charge on any atom is 0.145 e. The van der Waals surface area contributed by atoms with Crippen molar-refractivity contribution < 1.29 is 4.74 Å². The number of nitrogens with zero attached hydrogens (tertiary/aromatic N) is 1. The van der Waals surface area contributed by atoms with E-state index in [0.29, 0.717) is 17.2 Å². The summed E-state index contributed by atoms with van der Waals surface area (Å²) in [6.07, 6.45) is 0. The van der Waals surface area contributed by atoms with Gasteiger partial charge < -0.3 is 4.74 Å². The van der Waals surface area contributed by atoms with E-state index in [2.05, 4.69) is 26.0 Å². The maximum absolute atomic E-state index is 9.17. The van der Waals surface area contributed by atoms with Crippen LogP contribution >= 0.6 is 0 Å². The lowest BCUT2D eigenvalue weighted by Crippen LogP contribution is -1.95. The van der Waals surface area contributed by atoms with Crippen LogP contribution in [0.2, 0.25) is 0 Å². The van der Waals surface area contributed by atoms with E-state index in [1.807, 2.05) is 43.3 Å². The van der Waals surface area contributed by atoms with Gasteiger partial charge in [-0.05, 0) is 42.2 Å². The van der Waals surface area contributed by atoms with Crippen molar-refractivity contribution in [3.8, 4) is 17.6 Å². The van der Waals surface area contributed by atoms with Gasteiger partial charge in [0.05, 0.1) is 5.56 Å². The molecule has 0 fully saturated rings. The highest BCUT2D eigenvalue weighted by atomic mass is 16.5. The van der Waals surface area contributed by atoms with E-state index in [9.17, 15) is 0 Å². The van der Waals surface area contributed by atoms with E-state index >= 15 is 0 Å². The van der Waals surface area contributed by atoms with Crippen LogP contribution in [0.4, 0.5) is 0 Å². The second kappa shape index (κ2) is 5.58. The molecule has 2 aromatic rings. The maximum atomic E-state index is 9.17. The molecule has 0 N–H and O–H groups in total. The van der Waals surface area contributed by atoms with Gasteiger partial charge >= 0.3 is 0 Å². The first-order valence-electron chi connectivity index (χ1n) is 6.39. The summed E-state index contributed by atoms with van der Waals surface area (Å²) in [6.45, 7) is 6.22. The van der Waals surface area contributed by atoms with Gasteiger partial charge in [0.15, 0.2) is 0 Å². The summed E-state index contributed by atoms with van der Waals surface area (Å²) in [5, 5.41) is 9.17. The Morgan fingerprint density at radius 2 is 1.79 bits per heavy atom. The van der Waals surface area contributed by atoms with Crippen molar-refractivity contribution >= 4 is 0 Å². The molecule has 0 bridgehead atoms. The lowest BCUT2D eigenvalue weighted by Gasteiger charge is -2.14. The predicted octanol–water partition coefficient (Wildman–Crippen LogP) is 4.78. The van der Waals surface area contributed by atoms with Crippen LogP contribution in [-0.4, -0.2) is 0 Å². The largest absolute Gasteiger partial charge is 0.456 e. The first kappa shape index (κ1) is 13.2. The predicted molar refractivity (Wildman–Crippen MR) is 76.5 cm³/mol. The number of aryl methyl sites for hydroxylation is 1. The molecule has 2 nitrogen and oxygen atoms in total. The Morgan fingerprint density at radius 1 is 1.05 bits per heavy atom. The summed E-state index contributed by atoms with van der Waals surface area (Å²) >= 11 is 0. The van der Waals surface area contributed by atoms with Crippen molar-refractivity contribution in [1.29, 1.82) is 5.26 Å².